The Morgan fingerprint density at radius 3 is 2.64 bits per heavy atom. The van der Waals surface area contributed by atoms with Gasteiger partial charge in [0.1, 0.15) is 0 Å². The second-order valence-electron chi connectivity index (χ2n) is 6.40. The number of rotatable bonds is 0. The first-order chi connectivity index (χ1) is 12.0. The summed E-state index contributed by atoms with van der Waals surface area (Å²) in [5, 5.41) is 2.45. The molecule has 0 atom stereocenters. The van der Waals surface area contributed by atoms with E-state index in [1.165, 1.54) is 21.6 Å². The summed E-state index contributed by atoms with van der Waals surface area (Å²) in [6.07, 6.45) is 0.723. The van der Waals surface area contributed by atoms with Crippen LogP contribution in [0.2, 0.25) is 0 Å². The molecule has 0 spiro atoms. The SMILES string of the molecule is CC1=c2ccccc2=CI(C)C2=C1CCOc1c(F)cc(F)c(C)c12. The molecule has 0 aliphatic carbocycles. The summed E-state index contributed by atoms with van der Waals surface area (Å²) < 4.78 is 38.0. The van der Waals surface area contributed by atoms with Gasteiger partial charge in [-0.2, -0.15) is 0 Å². The quantitative estimate of drug-likeness (QED) is 0.422. The molecule has 2 aromatic rings. The van der Waals surface area contributed by atoms with Crippen LogP contribution in [0, 0.1) is 18.6 Å². The van der Waals surface area contributed by atoms with E-state index < -0.39 is 31.5 Å². The summed E-state index contributed by atoms with van der Waals surface area (Å²) in [6, 6.07) is 9.30. The topological polar surface area (TPSA) is 9.23 Å². The molecular weight excluding hydrogens is 433 g/mol. The van der Waals surface area contributed by atoms with Crippen molar-refractivity contribution < 1.29 is 13.5 Å². The predicted octanol–water partition coefficient (Wildman–Crippen LogP) is 4.53. The van der Waals surface area contributed by atoms with Crippen LogP contribution >= 0.6 is 19.8 Å². The molecule has 0 saturated carbocycles. The van der Waals surface area contributed by atoms with E-state index in [1.807, 2.05) is 12.1 Å². The van der Waals surface area contributed by atoms with Gasteiger partial charge in [-0.1, -0.05) is 0 Å². The van der Waals surface area contributed by atoms with Crippen LogP contribution in [0.5, 0.6) is 5.75 Å². The average molecular weight is 452 g/mol. The Hall–Kier alpha value is -1.69. The third kappa shape index (κ3) is 2.62. The van der Waals surface area contributed by atoms with Gasteiger partial charge in [-0.15, -0.1) is 0 Å². The molecule has 130 valence electrons. The summed E-state index contributed by atoms with van der Waals surface area (Å²) >= 11 is -1.77. The third-order valence-corrected chi connectivity index (χ3v) is 9.41. The molecule has 0 fully saturated rings. The Kier molecular flexibility index (Phi) is 4.18. The zero-order valence-corrected chi connectivity index (χ0v) is 16.6. The van der Waals surface area contributed by atoms with Crippen molar-refractivity contribution in [1.82, 2.24) is 0 Å². The molecule has 0 N–H and O–H groups in total. The van der Waals surface area contributed by atoms with Crippen molar-refractivity contribution in [2.24, 2.45) is 0 Å². The second-order valence-corrected chi connectivity index (χ2v) is 11.0. The van der Waals surface area contributed by atoms with E-state index in [0.29, 0.717) is 17.7 Å². The molecule has 2 aromatic carbocycles. The summed E-state index contributed by atoms with van der Waals surface area (Å²) in [5.41, 5.74) is 3.55. The maximum atomic E-state index is 14.5. The number of hydrogen-bond acceptors (Lipinski definition) is 1. The zero-order chi connectivity index (χ0) is 17.7. The molecular formula is C21H19F2IO. The van der Waals surface area contributed by atoms with Crippen LogP contribution < -0.4 is 15.2 Å². The van der Waals surface area contributed by atoms with Gasteiger partial charge in [0, 0.05) is 0 Å². The molecule has 4 heteroatoms. The first kappa shape index (κ1) is 16.8. The molecule has 25 heavy (non-hydrogen) atoms. The molecule has 2 heterocycles. The second kappa shape index (κ2) is 6.24. The van der Waals surface area contributed by atoms with Crippen molar-refractivity contribution in [3.63, 3.8) is 0 Å². The third-order valence-electron chi connectivity index (χ3n) is 4.91. The van der Waals surface area contributed by atoms with Crippen molar-refractivity contribution >= 4 is 33.1 Å². The fourth-order valence-electron chi connectivity index (χ4n) is 3.62. The van der Waals surface area contributed by atoms with E-state index in [2.05, 4.69) is 28.1 Å². The first-order valence-electron chi connectivity index (χ1n) is 8.20. The van der Waals surface area contributed by atoms with Gasteiger partial charge in [-0.05, 0) is 0 Å². The van der Waals surface area contributed by atoms with Gasteiger partial charge in [-0.25, -0.2) is 0 Å². The van der Waals surface area contributed by atoms with E-state index in [-0.39, 0.29) is 5.75 Å². The first-order valence-corrected chi connectivity index (χ1v) is 12.7. The number of hydrogen-bond donors (Lipinski definition) is 0. The zero-order valence-electron chi connectivity index (χ0n) is 14.4. The van der Waals surface area contributed by atoms with Gasteiger partial charge in [0.15, 0.2) is 0 Å². The molecule has 0 unspecified atom stereocenters. The number of halogens is 3. The van der Waals surface area contributed by atoms with E-state index >= 15 is 0 Å². The van der Waals surface area contributed by atoms with Crippen molar-refractivity contribution in [3.8, 4) is 5.75 Å². The van der Waals surface area contributed by atoms with Crippen molar-refractivity contribution in [2.45, 2.75) is 20.3 Å². The minimum absolute atomic E-state index is 0.222. The molecule has 1 nitrogen and oxygen atoms in total. The Bertz CT molecular complexity index is 1040. The van der Waals surface area contributed by atoms with Crippen LogP contribution in [0.3, 0.4) is 0 Å². The summed E-state index contributed by atoms with van der Waals surface area (Å²) in [6.45, 7) is 4.26. The van der Waals surface area contributed by atoms with E-state index in [1.54, 1.807) is 6.92 Å². The number of benzene rings is 2. The van der Waals surface area contributed by atoms with Crippen LogP contribution in [0.1, 0.15) is 24.5 Å². The standard InChI is InChI=1S/C21H19F2IO/c1-12-15-7-5-4-6-14(15)11-24(3)20-16(12)8-9-25-21-18(23)10-17(22)13(2)19(20)21/h4-7,10-11H,8-9H2,1-3H3. The minimum atomic E-state index is -1.77. The molecule has 0 amide bonds. The van der Waals surface area contributed by atoms with E-state index in [0.717, 1.165) is 16.1 Å². The molecule has 2 aliphatic rings. The average Bonchev–Trinajstić information content (AvgIpc) is 2.84. The number of ether oxygens (including phenoxy) is 1. The van der Waals surface area contributed by atoms with Gasteiger partial charge >= 0.3 is 153 Å². The predicted molar refractivity (Wildman–Crippen MR) is 107 cm³/mol. The van der Waals surface area contributed by atoms with Crippen LogP contribution in [-0.2, 0) is 0 Å². The normalized spacial score (nSPS) is 17.6. The number of fused-ring (bicyclic) bond motifs is 3. The van der Waals surface area contributed by atoms with E-state index in [9.17, 15) is 8.78 Å². The van der Waals surface area contributed by atoms with Gasteiger partial charge in [-0.3, -0.25) is 0 Å². The van der Waals surface area contributed by atoms with Gasteiger partial charge in [0.25, 0.3) is 0 Å². The Balaban J connectivity index is 2.14. The molecule has 4 rings (SSSR count). The summed E-state index contributed by atoms with van der Waals surface area (Å²) in [7, 11) is 0. The fraction of sp³-hybridized carbons (Fsp3) is 0.238. The van der Waals surface area contributed by atoms with Gasteiger partial charge in [0.2, 0.25) is 0 Å². The Labute approximate surface area is 153 Å². The van der Waals surface area contributed by atoms with Crippen LogP contribution in [0.4, 0.5) is 8.78 Å². The van der Waals surface area contributed by atoms with E-state index in [4.69, 9.17) is 4.74 Å². The monoisotopic (exact) mass is 452 g/mol. The van der Waals surface area contributed by atoms with Crippen molar-refractivity contribution in [3.05, 3.63) is 69.1 Å². The molecule has 0 saturated heterocycles. The fourth-order valence-corrected chi connectivity index (χ4v) is 8.69. The van der Waals surface area contributed by atoms with Crippen molar-refractivity contribution in [1.29, 1.82) is 0 Å². The molecule has 0 bridgehead atoms. The van der Waals surface area contributed by atoms with Crippen LogP contribution in [0.15, 0.2) is 35.9 Å². The molecule has 2 aliphatic heterocycles. The maximum absolute atomic E-state index is 14.5. The summed E-state index contributed by atoms with van der Waals surface area (Å²) in [4.78, 5) is 2.24. The van der Waals surface area contributed by atoms with Crippen LogP contribution in [-0.4, -0.2) is 11.5 Å². The summed E-state index contributed by atoms with van der Waals surface area (Å²) in [5.74, 6) is -0.881. The molecule has 0 radical (unpaired) electrons. The molecule has 0 aromatic heterocycles. The van der Waals surface area contributed by atoms with Gasteiger partial charge < -0.3 is 0 Å². The van der Waals surface area contributed by atoms with Crippen molar-refractivity contribution in [2.75, 3.05) is 11.5 Å². The van der Waals surface area contributed by atoms with Crippen LogP contribution in [0.25, 0.3) is 13.2 Å². The number of alkyl halides is 1. The Morgan fingerprint density at radius 1 is 1.08 bits per heavy atom. The Morgan fingerprint density at radius 2 is 1.84 bits per heavy atom. The van der Waals surface area contributed by atoms with Gasteiger partial charge in [0.05, 0.1) is 0 Å².